The summed E-state index contributed by atoms with van der Waals surface area (Å²) >= 11 is 0. The van der Waals surface area contributed by atoms with Gasteiger partial charge in [0, 0.05) is 16.5 Å². The third kappa shape index (κ3) is 3.61. The minimum absolute atomic E-state index is 0.175. The zero-order chi connectivity index (χ0) is 21.5. The Morgan fingerprint density at radius 3 is 2.70 bits per heavy atom. The number of carbonyl (C=O) groups excluding carboxylic acids is 1. The largest absolute Gasteiger partial charge is 0.369 e. The molecule has 1 amide bonds. The summed E-state index contributed by atoms with van der Waals surface area (Å²) in [4.78, 5) is 15.2. The lowest BCUT2D eigenvalue weighted by Crippen LogP contribution is -2.14. The fourth-order valence-corrected chi connectivity index (χ4v) is 4.98. The third-order valence-electron chi connectivity index (χ3n) is 5.80. The lowest BCUT2D eigenvalue weighted by Gasteiger charge is -2.16. The molecule has 30 heavy (non-hydrogen) atoms. The van der Waals surface area contributed by atoms with Gasteiger partial charge in [0.1, 0.15) is 0 Å². The minimum Gasteiger partial charge on any atom is -0.369 e. The Labute approximate surface area is 176 Å². The number of H-pyrrole nitrogens is 1. The van der Waals surface area contributed by atoms with E-state index in [0.29, 0.717) is 5.69 Å². The van der Waals surface area contributed by atoms with E-state index in [-0.39, 0.29) is 12.3 Å². The van der Waals surface area contributed by atoms with E-state index in [0.717, 1.165) is 64.2 Å². The Kier molecular flexibility index (Phi) is 5.15. The summed E-state index contributed by atoms with van der Waals surface area (Å²) in [6.45, 7) is 5.26. The van der Waals surface area contributed by atoms with Crippen molar-refractivity contribution in [3.63, 3.8) is 0 Å². The topological polar surface area (TPSA) is 105 Å². The van der Waals surface area contributed by atoms with Crippen molar-refractivity contribution in [2.24, 2.45) is 5.73 Å². The molecule has 1 aromatic heterocycles. The maximum atomic E-state index is 12.0. The average Bonchev–Trinajstić information content (AvgIpc) is 3.10. The van der Waals surface area contributed by atoms with Gasteiger partial charge in [-0.3, -0.25) is 9.52 Å². The highest BCUT2D eigenvalue weighted by atomic mass is 32.2. The molecule has 0 saturated heterocycles. The number of anilines is 1. The molecule has 2 aromatic carbocycles. The number of aromatic amines is 1. The Morgan fingerprint density at radius 1 is 1.20 bits per heavy atom. The van der Waals surface area contributed by atoms with Crippen molar-refractivity contribution >= 4 is 32.5 Å². The van der Waals surface area contributed by atoms with Crippen LogP contribution in [0.25, 0.3) is 22.0 Å². The summed E-state index contributed by atoms with van der Waals surface area (Å²) in [5.41, 5.74) is 13.1. The zero-order valence-corrected chi connectivity index (χ0v) is 17.7. The second kappa shape index (κ2) is 7.65. The minimum atomic E-state index is -3.60. The van der Waals surface area contributed by atoms with Crippen LogP contribution < -0.4 is 10.5 Å². The number of aromatic nitrogens is 1. The summed E-state index contributed by atoms with van der Waals surface area (Å²) in [7, 11) is -3.60. The number of carbonyl (C=O) groups is 1. The van der Waals surface area contributed by atoms with Crippen LogP contribution in [-0.2, 0) is 34.1 Å². The van der Waals surface area contributed by atoms with Crippen molar-refractivity contribution < 1.29 is 13.2 Å². The molecule has 4 rings (SSSR count). The van der Waals surface area contributed by atoms with Gasteiger partial charge >= 0.3 is 0 Å². The van der Waals surface area contributed by atoms with Crippen LogP contribution in [0.4, 0.5) is 5.69 Å². The van der Waals surface area contributed by atoms with E-state index in [1.165, 1.54) is 11.3 Å². The molecule has 1 heterocycles. The molecular formula is C23H25N3O3S. The Balaban J connectivity index is 1.95. The van der Waals surface area contributed by atoms with E-state index in [1.54, 1.807) is 6.07 Å². The highest BCUT2D eigenvalue weighted by Gasteiger charge is 2.22. The number of nitrogens with two attached hydrogens (primary N) is 1. The van der Waals surface area contributed by atoms with Crippen LogP contribution in [0.3, 0.4) is 0 Å². The summed E-state index contributed by atoms with van der Waals surface area (Å²) in [5.74, 6) is -0.367. The fourth-order valence-electron chi connectivity index (χ4n) is 4.36. The van der Waals surface area contributed by atoms with Gasteiger partial charge in [0.2, 0.25) is 5.91 Å². The van der Waals surface area contributed by atoms with Gasteiger partial charge in [-0.25, -0.2) is 8.42 Å². The van der Waals surface area contributed by atoms with Crippen molar-refractivity contribution in [1.29, 1.82) is 0 Å². The van der Waals surface area contributed by atoms with E-state index in [4.69, 9.17) is 5.73 Å². The summed E-state index contributed by atoms with van der Waals surface area (Å²) in [6.07, 6.45) is 4.39. The number of hydrogen-bond acceptors (Lipinski definition) is 3. The van der Waals surface area contributed by atoms with Crippen LogP contribution in [-0.4, -0.2) is 19.3 Å². The maximum absolute atomic E-state index is 12.0. The number of primary amides is 1. The van der Waals surface area contributed by atoms with Gasteiger partial charge in [-0.05, 0) is 66.5 Å². The Bertz CT molecular complexity index is 1270. The smallest absolute Gasteiger partial charge is 0.254 e. The maximum Gasteiger partial charge on any atom is 0.254 e. The predicted molar refractivity (Wildman–Crippen MR) is 121 cm³/mol. The predicted octanol–water partition coefficient (Wildman–Crippen LogP) is 3.94. The molecule has 156 valence electrons. The third-order valence-corrected chi connectivity index (χ3v) is 6.74. The number of benzene rings is 2. The molecule has 0 aliphatic heterocycles. The normalized spacial score (nSPS) is 13.8. The number of nitrogens with one attached hydrogen (secondary N) is 2. The Morgan fingerprint density at radius 2 is 1.97 bits per heavy atom. The average molecular weight is 424 g/mol. The van der Waals surface area contributed by atoms with Crippen LogP contribution in [0.15, 0.2) is 42.3 Å². The second-order valence-corrected chi connectivity index (χ2v) is 9.37. The van der Waals surface area contributed by atoms with Crippen molar-refractivity contribution in [2.75, 3.05) is 4.72 Å². The molecule has 0 fully saturated rings. The molecule has 6 nitrogen and oxygen atoms in total. The van der Waals surface area contributed by atoms with Crippen molar-refractivity contribution in [3.05, 3.63) is 64.7 Å². The molecule has 0 saturated carbocycles. The number of aryl methyl sites for hydroxylation is 2. The molecule has 0 unspecified atom stereocenters. The molecule has 0 radical (unpaired) electrons. The number of hydrogen-bond donors (Lipinski definition) is 3. The van der Waals surface area contributed by atoms with E-state index < -0.39 is 10.0 Å². The SMILES string of the molecule is C=CS(=O)(=O)Nc1cccc(-c2ccc(CC(N)=O)c3[nH]c4c(c23)CCCC4)c1C. The number of sulfonamides is 1. The lowest BCUT2D eigenvalue weighted by atomic mass is 9.89. The van der Waals surface area contributed by atoms with Crippen molar-refractivity contribution in [1.82, 2.24) is 4.98 Å². The first-order valence-corrected chi connectivity index (χ1v) is 11.5. The van der Waals surface area contributed by atoms with E-state index >= 15 is 0 Å². The quantitative estimate of drug-likeness (QED) is 0.559. The van der Waals surface area contributed by atoms with Crippen LogP contribution in [0.2, 0.25) is 0 Å². The molecular weight excluding hydrogens is 398 g/mol. The monoisotopic (exact) mass is 423 g/mol. The molecule has 7 heteroatoms. The van der Waals surface area contributed by atoms with Crippen LogP contribution >= 0.6 is 0 Å². The fraction of sp³-hybridized carbons (Fsp3) is 0.261. The van der Waals surface area contributed by atoms with Crippen molar-refractivity contribution in [2.45, 2.75) is 39.0 Å². The van der Waals surface area contributed by atoms with Gasteiger partial charge in [-0.2, -0.15) is 0 Å². The van der Waals surface area contributed by atoms with E-state index in [9.17, 15) is 13.2 Å². The molecule has 1 aliphatic rings. The molecule has 4 N–H and O–H groups in total. The summed E-state index contributed by atoms with van der Waals surface area (Å²) in [6, 6.07) is 9.52. The molecule has 1 aliphatic carbocycles. The van der Waals surface area contributed by atoms with Gasteiger partial charge in [-0.1, -0.05) is 30.8 Å². The number of fused-ring (bicyclic) bond motifs is 3. The molecule has 0 spiro atoms. The highest BCUT2D eigenvalue weighted by molar-refractivity contribution is 7.95. The first kappa shape index (κ1) is 20.2. The van der Waals surface area contributed by atoms with Crippen LogP contribution in [0.5, 0.6) is 0 Å². The van der Waals surface area contributed by atoms with Gasteiger partial charge in [0.15, 0.2) is 0 Å². The Hall–Kier alpha value is -3.06. The van der Waals surface area contributed by atoms with Crippen LogP contribution in [0, 0.1) is 6.92 Å². The standard InChI is InChI=1S/C23H25N3O3S/c1-3-30(28,29)26-19-10-6-8-16(14(19)2)17-12-11-15(13-21(24)27)23-22(17)18-7-4-5-9-20(18)25-23/h3,6,8,10-12,25-26H,1,4-5,7,9,13H2,2H3,(H2,24,27). The molecule has 0 atom stereocenters. The first-order chi connectivity index (χ1) is 14.3. The number of amides is 1. The van der Waals surface area contributed by atoms with Gasteiger partial charge in [-0.15, -0.1) is 0 Å². The summed E-state index contributed by atoms with van der Waals surface area (Å²) < 4.78 is 26.6. The van der Waals surface area contributed by atoms with Gasteiger partial charge in [0.25, 0.3) is 10.0 Å². The second-order valence-electron chi connectivity index (χ2n) is 7.75. The van der Waals surface area contributed by atoms with Gasteiger partial charge < -0.3 is 10.7 Å². The van der Waals surface area contributed by atoms with E-state index in [2.05, 4.69) is 16.3 Å². The van der Waals surface area contributed by atoms with Crippen LogP contribution in [0.1, 0.15) is 35.2 Å². The zero-order valence-electron chi connectivity index (χ0n) is 16.9. The first-order valence-electron chi connectivity index (χ1n) is 9.99. The molecule has 3 aromatic rings. The van der Waals surface area contributed by atoms with Gasteiger partial charge in [0.05, 0.1) is 17.6 Å². The lowest BCUT2D eigenvalue weighted by molar-refractivity contribution is -0.117. The molecule has 0 bridgehead atoms. The highest BCUT2D eigenvalue weighted by Crippen LogP contribution is 2.40. The summed E-state index contributed by atoms with van der Waals surface area (Å²) in [5, 5.41) is 2.01. The van der Waals surface area contributed by atoms with Crippen molar-refractivity contribution in [3.8, 4) is 11.1 Å². The van der Waals surface area contributed by atoms with E-state index in [1.807, 2.05) is 31.2 Å². The number of rotatable bonds is 6.